The molecule has 0 saturated heterocycles. The van der Waals surface area contributed by atoms with Crippen molar-refractivity contribution in [1.82, 2.24) is 0 Å². The molecule has 146 valence electrons. The highest BCUT2D eigenvalue weighted by molar-refractivity contribution is 7.16. The number of thiophene rings is 1. The number of fused-ring (bicyclic) bond motifs is 2. The van der Waals surface area contributed by atoms with Crippen molar-refractivity contribution in [3.05, 3.63) is 39.8 Å². The van der Waals surface area contributed by atoms with Crippen molar-refractivity contribution in [3.63, 3.8) is 0 Å². The number of hydrogen-bond donors (Lipinski definition) is 2. The number of anilines is 1. The lowest BCUT2D eigenvalue weighted by molar-refractivity contribution is -0.893. The summed E-state index contributed by atoms with van der Waals surface area (Å²) in [5, 5.41) is 13.2. The molecule has 2 aromatic rings. The van der Waals surface area contributed by atoms with Crippen LogP contribution in [-0.4, -0.2) is 26.3 Å². The molecule has 6 nitrogen and oxygen atoms in total. The highest BCUT2D eigenvalue weighted by Crippen LogP contribution is 2.37. The Balaban J connectivity index is 1.31. The third-order valence-electron chi connectivity index (χ3n) is 5.26. The maximum absolute atomic E-state index is 12.4. The first-order chi connectivity index (χ1) is 13.6. The van der Waals surface area contributed by atoms with Crippen molar-refractivity contribution in [2.24, 2.45) is 0 Å². The molecule has 0 saturated carbocycles. The van der Waals surface area contributed by atoms with Gasteiger partial charge in [0.15, 0.2) is 11.5 Å². The third-order valence-corrected chi connectivity index (χ3v) is 6.47. The van der Waals surface area contributed by atoms with Crippen LogP contribution in [0, 0.1) is 11.3 Å². The van der Waals surface area contributed by atoms with E-state index in [9.17, 15) is 10.1 Å². The predicted molar refractivity (Wildman–Crippen MR) is 107 cm³/mol. The number of hydrogen-bond acceptors (Lipinski definition) is 5. The van der Waals surface area contributed by atoms with Crippen LogP contribution in [0.2, 0.25) is 0 Å². The van der Waals surface area contributed by atoms with Crippen molar-refractivity contribution in [2.45, 2.75) is 38.6 Å². The van der Waals surface area contributed by atoms with Gasteiger partial charge >= 0.3 is 0 Å². The van der Waals surface area contributed by atoms with E-state index in [4.69, 9.17) is 9.47 Å². The Morgan fingerprint density at radius 3 is 2.96 bits per heavy atom. The lowest BCUT2D eigenvalue weighted by Crippen LogP contribution is -3.07. The molecule has 4 rings (SSSR count). The zero-order chi connectivity index (χ0) is 19.5. The fourth-order valence-corrected chi connectivity index (χ4v) is 5.03. The van der Waals surface area contributed by atoms with Crippen LogP contribution in [0.3, 0.4) is 0 Å². The van der Waals surface area contributed by atoms with Crippen LogP contribution in [0.25, 0.3) is 0 Å². The van der Waals surface area contributed by atoms with Crippen LogP contribution in [-0.2, 0) is 24.2 Å². The molecule has 2 N–H and O–H groups in total. The van der Waals surface area contributed by atoms with E-state index in [-0.39, 0.29) is 12.7 Å². The van der Waals surface area contributed by atoms with Gasteiger partial charge in [0.1, 0.15) is 17.6 Å². The number of quaternary nitrogens is 1. The number of nitrogens with zero attached hydrogens (tertiary/aromatic N) is 1. The monoisotopic (exact) mass is 398 g/mol. The minimum Gasteiger partial charge on any atom is -0.454 e. The number of amides is 1. The van der Waals surface area contributed by atoms with Crippen molar-refractivity contribution >= 4 is 22.2 Å². The number of carbonyl (C=O) groups is 1. The average Bonchev–Trinajstić information content (AvgIpc) is 3.29. The molecule has 1 aromatic heterocycles. The number of ether oxygens (including phenoxy) is 2. The lowest BCUT2D eigenvalue weighted by Gasteiger charge is -2.14. The van der Waals surface area contributed by atoms with Gasteiger partial charge in [-0.2, -0.15) is 5.26 Å². The second kappa shape index (κ2) is 8.21. The lowest BCUT2D eigenvalue weighted by atomic mass is 9.96. The van der Waals surface area contributed by atoms with Gasteiger partial charge in [0.25, 0.3) is 0 Å². The highest BCUT2D eigenvalue weighted by atomic mass is 32.1. The molecular weight excluding hydrogens is 374 g/mol. The smallest absolute Gasteiger partial charge is 0.231 e. The fraction of sp³-hybridized carbons (Fsp3) is 0.429. The van der Waals surface area contributed by atoms with Gasteiger partial charge in [-0.15, -0.1) is 11.3 Å². The summed E-state index contributed by atoms with van der Waals surface area (Å²) in [5.74, 6) is 1.54. The van der Waals surface area contributed by atoms with Crippen LogP contribution in [0.5, 0.6) is 11.5 Å². The summed E-state index contributed by atoms with van der Waals surface area (Å²) in [6.07, 6.45) is 4.68. The van der Waals surface area contributed by atoms with Gasteiger partial charge in [-0.1, -0.05) is 0 Å². The second-order valence-electron chi connectivity index (χ2n) is 7.40. The van der Waals surface area contributed by atoms with Gasteiger partial charge in [-0.3, -0.25) is 4.79 Å². The average molecular weight is 399 g/mol. The van der Waals surface area contributed by atoms with Gasteiger partial charge in [0, 0.05) is 10.4 Å². The molecule has 1 aliphatic carbocycles. The zero-order valence-electron chi connectivity index (χ0n) is 16.0. The van der Waals surface area contributed by atoms with Gasteiger partial charge in [0.05, 0.1) is 25.6 Å². The molecule has 28 heavy (non-hydrogen) atoms. The maximum atomic E-state index is 12.4. The van der Waals surface area contributed by atoms with Gasteiger partial charge in [0.2, 0.25) is 12.7 Å². The summed E-state index contributed by atoms with van der Waals surface area (Å²) < 4.78 is 10.8. The van der Waals surface area contributed by atoms with Crippen LogP contribution >= 0.6 is 11.3 Å². The van der Waals surface area contributed by atoms with E-state index in [2.05, 4.69) is 18.4 Å². The quantitative estimate of drug-likeness (QED) is 0.783. The molecule has 0 fully saturated rings. The number of benzene rings is 1. The first-order valence-corrected chi connectivity index (χ1v) is 10.5. The molecule has 1 amide bonds. The normalized spacial score (nSPS) is 15.6. The second-order valence-corrected chi connectivity index (χ2v) is 8.50. The third kappa shape index (κ3) is 3.98. The molecule has 0 bridgehead atoms. The van der Waals surface area contributed by atoms with Crippen LogP contribution < -0.4 is 19.7 Å². The van der Waals surface area contributed by atoms with Crippen molar-refractivity contribution in [3.8, 4) is 17.6 Å². The molecule has 1 aromatic carbocycles. The molecule has 1 aliphatic heterocycles. The Labute approximate surface area is 168 Å². The van der Waals surface area contributed by atoms with Crippen LogP contribution in [0.4, 0.5) is 5.00 Å². The van der Waals surface area contributed by atoms with Gasteiger partial charge in [-0.05, 0) is 49.4 Å². The molecule has 1 atom stereocenters. The molecule has 0 spiro atoms. The Morgan fingerprint density at radius 2 is 2.11 bits per heavy atom. The number of nitrogens with one attached hydrogen (secondary N) is 2. The molecule has 1 unspecified atom stereocenters. The molecule has 0 radical (unpaired) electrons. The minimum absolute atomic E-state index is 0.0277. The Morgan fingerprint density at radius 1 is 1.29 bits per heavy atom. The highest BCUT2D eigenvalue weighted by Gasteiger charge is 2.22. The van der Waals surface area contributed by atoms with E-state index >= 15 is 0 Å². The largest absolute Gasteiger partial charge is 0.454 e. The first kappa shape index (κ1) is 18.8. The van der Waals surface area contributed by atoms with Gasteiger partial charge in [-0.25, -0.2) is 0 Å². The van der Waals surface area contributed by atoms with E-state index in [0.717, 1.165) is 53.4 Å². The minimum atomic E-state index is -0.0277. The molecule has 7 heteroatoms. The van der Waals surface area contributed by atoms with E-state index in [1.165, 1.54) is 16.2 Å². The molecule has 2 heterocycles. The number of rotatable bonds is 6. The summed E-state index contributed by atoms with van der Waals surface area (Å²) in [6.45, 7) is 1.80. The molecule has 2 aliphatic rings. The van der Waals surface area contributed by atoms with Crippen LogP contribution in [0.15, 0.2) is 18.2 Å². The maximum Gasteiger partial charge on any atom is 0.231 e. The van der Waals surface area contributed by atoms with Crippen molar-refractivity contribution in [1.29, 1.82) is 5.26 Å². The van der Waals surface area contributed by atoms with E-state index < -0.39 is 0 Å². The standard InChI is InChI=1S/C21H23N3O3S/c1-24(12-14-6-7-17-18(10-14)27-13-26-17)9-8-20(25)23-21-16(11-22)15-4-2-3-5-19(15)28-21/h6-7,10H,2-5,8-9,12-13H2,1H3,(H,23,25)/p+1. The van der Waals surface area contributed by atoms with Gasteiger partial charge < -0.3 is 19.7 Å². The van der Waals surface area contributed by atoms with E-state index in [1.54, 1.807) is 11.3 Å². The van der Waals surface area contributed by atoms with E-state index in [0.29, 0.717) is 18.5 Å². The first-order valence-electron chi connectivity index (χ1n) is 9.68. The summed E-state index contributed by atoms with van der Waals surface area (Å²) in [6, 6.07) is 8.26. The predicted octanol–water partition coefficient (Wildman–Crippen LogP) is 2.27. The summed E-state index contributed by atoms with van der Waals surface area (Å²) in [7, 11) is 2.07. The Bertz CT molecular complexity index is 932. The number of nitriles is 1. The Hall–Kier alpha value is -2.56. The zero-order valence-corrected chi connectivity index (χ0v) is 16.8. The van der Waals surface area contributed by atoms with Crippen molar-refractivity contribution < 1.29 is 19.2 Å². The summed E-state index contributed by atoms with van der Waals surface area (Å²) >= 11 is 1.58. The Kier molecular flexibility index (Phi) is 5.51. The number of aryl methyl sites for hydroxylation is 1. The van der Waals surface area contributed by atoms with Crippen molar-refractivity contribution in [2.75, 3.05) is 25.7 Å². The topological polar surface area (TPSA) is 75.8 Å². The summed E-state index contributed by atoms with van der Waals surface area (Å²) in [4.78, 5) is 14.9. The SMILES string of the molecule is C[NH+](CCC(=O)Nc1sc2c(c1C#N)CCCC2)Cc1ccc2c(c1)OCO2. The van der Waals surface area contributed by atoms with Crippen LogP contribution in [0.1, 0.15) is 40.8 Å². The van der Waals surface area contributed by atoms with E-state index in [1.807, 2.05) is 18.2 Å². The molecular formula is C21H24N3O3S+. The fourth-order valence-electron chi connectivity index (χ4n) is 3.78. The summed E-state index contributed by atoms with van der Waals surface area (Å²) in [5.41, 5.74) is 2.98. The number of carbonyl (C=O) groups excluding carboxylic acids is 1.